The molecule has 0 bridgehead atoms. The van der Waals surface area contributed by atoms with Gasteiger partial charge in [0, 0.05) is 30.9 Å². The lowest BCUT2D eigenvalue weighted by Gasteiger charge is -2.33. The van der Waals surface area contributed by atoms with Crippen LogP contribution in [0.4, 0.5) is 5.82 Å². The van der Waals surface area contributed by atoms with Gasteiger partial charge in [-0.25, -0.2) is 4.98 Å². The number of nitrogens with zero attached hydrogens (tertiary/aromatic N) is 5. The maximum Gasteiger partial charge on any atom is 0.254 e. The molecule has 136 valence electrons. The molecule has 1 fully saturated rings. The molecule has 1 atom stereocenters. The van der Waals surface area contributed by atoms with E-state index in [-0.39, 0.29) is 0 Å². The Morgan fingerprint density at radius 1 is 1.19 bits per heavy atom. The molecule has 0 saturated carbocycles. The number of hydrogen-bond donors (Lipinski definition) is 1. The molecule has 1 aromatic carbocycles. The third-order valence-corrected chi connectivity index (χ3v) is 5.27. The van der Waals surface area contributed by atoms with Gasteiger partial charge in [-0.15, -0.1) is 0 Å². The summed E-state index contributed by atoms with van der Waals surface area (Å²) in [6, 6.07) is 11.4. The van der Waals surface area contributed by atoms with Gasteiger partial charge in [0.25, 0.3) is 5.78 Å². The van der Waals surface area contributed by atoms with E-state index in [0.29, 0.717) is 11.8 Å². The second-order valence-electron chi connectivity index (χ2n) is 7.19. The quantitative estimate of drug-likeness (QED) is 0.764. The van der Waals surface area contributed by atoms with Crippen LogP contribution in [-0.2, 0) is 13.1 Å². The SMILES string of the molecule is Cc1cc(NCc2ccccc2CN2CCCC[C@@H]2C)n2ncnc2n1. The molecule has 0 aliphatic carbocycles. The summed E-state index contributed by atoms with van der Waals surface area (Å²) in [5.74, 6) is 1.55. The maximum absolute atomic E-state index is 4.40. The zero-order chi connectivity index (χ0) is 17.9. The van der Waals surface area contributed by atoms with Crippen LogP contribution in [0, 0.1) is 6.92 Å². The summed E-state index contributed by atoms with van der Waals surface area (Å²) in [5.41, 5.74) is 3.66. The average molecular weight is 350 g/mol. The van der Waals surface area contributed by atoms with Gasteiger partial charge >= 0.3 is 0 Å². The summed E-state index contributed by atoms with van der Waals surface area (Å²) < 4.78 is 1.75. The van der Waals surface area contributed by atoms with E-state index < -0.39 is 0 Å². The Morgan fingerprint density at radius 3 is 2.88 bits per heavy atom. The summed E-state index contributed by atoms with van der Waals surface area (Å²) in [4.78, 5) is 11.2. The van der Waals surface area contributed by atoms with Crippen molar-refractivity contribution in [2.45, 2.75) is 52.2 Å². The van der Waals surface area contributed by atoms with Gasteiger partial charge in [0.15, 0.2) is 0 Å². The maximum atomic E-state index is 4.40. The van der Waals surface area contributed by atoms with Gasteiger partial charge in [0.05, 0.1) is 0 Å². The minimum absolute atomic E-state index is 0.628. The number of fused-ring (bicyclic) bond motifs is 1. The van der Waals surface area contributed by atoms with E-state index in [4.69, 9.17) is 0 Å². The van der Waals surface area contributed by atoms with Crippen LogP contribution in [-0.4, -0.2) is 37.1 Å². The van der Waals surface area contributed by atoms with Gasteiger partial charge in [0.2, 0.25) is 0 Å². The highest BCUT2D eigenvalue weighted by atomic mass is 15.3. The molecule has 3 heterocycles. The number of benzene rings is 1. The first-order chi connectivity index (χ1) is 12.7. The molecule has 1 aliphatic heterocycles. The number of hydrogen-bond acceptors (Lipinski definition) is 5. The van der Waals surface area contributed by atoms with Crippen LogP contribution in [0.5, 0.6) is 0 Å². The highest BCUT2D eigenvalue weighted by molar-refractivity contribution is 5.45. The first-order valence-corrected chi connectivity index (χ1v) is 9.43. The lowest BCUT2D eigenvalue weighted by molar-refractivity contribution is 0.152. The lowest BCUT2D eigenvalue weighted by atomic mass is 10.0. The summed E-state index contributed by atoms with van der Waals surface area (Å²) in [6.45, 7) is 7.31. The Hall–Kier alpha value is -2.47. The van der Waals surface area contributed by atoms with Crippen molar-refractivity contribution in [1.82, 2.24) is 24.5 Å². The van der Waals surface area contributed by atoms with Gasteiger partial charge in [0.1, 0.15) is 12.1 Å². The van der Waals surface area contributed by atoms with E-state index in [1.807, 2.05) is 13.0 Å². The fourth-order valence-electron chi connectivity index (χ4n) is 3.74. The number of anilines is 1. The molecule has 1 saturated heterocycles. The minimum Gasteiger partial charge on any atom is -0.366 e. The van der Waals surface area contributed by atoms with Crippen LogP contribution in [0.2, 0.25) is 0 Å². The van der Waals surface area contributed by atoms with Crippen molar-refractivity contribution in [3.05, 3.63) is 53.5 Å². The smallest absolute Gasteiger partial charge is 0.254 e. The second-order valence-corrected chi connectivity index (χ2v) is 7.19. The zero-order valence-electron chi connectivity index (χ0n) is 15.5. The van der Waals surface area contributed by atoms with Crippen LogP contribution in [0.1, 0.15) is 43.0 Å². The fraction of sp³-hybridized carbons (Fsp3) is 0.450. The Labute approximate surface area is 154 Å². The van der Waals surface area contributed by atoms with Crippen LogP contribution in [0.15, 0.2) is 36.7 Å². The Kier molecular flexibility index (Phi) is 4.84. The van der Waals surface area contributed by atoms with E-state index in [2.05, 4.69) is 56.5 Å². The molecule has 0 radical (unpaired) electrons. The first-order valence-electron chi connectivity index (χ1n) is 9.43. The van der Waals surface area contributed by atoms with Crippen LogP contribution < -0.4 is 5.32 Å². The van der Waals surface area contributed by atoms with Gasteiger partial charge in [-0.2, -0.15) is 14.6 Å². The van der Waals surface area contributed by atoms with Gasteiger partial charge in [-0.05, 0) is 44.4 Å². The van der Waals surface area contributed by atoms with Crippen LogP contribution in [0.25, 0.3) is 5.78 Å². The first kappa shape index (κ1) is 17.0. The number of rotatable bonds is 5. The predicted molar refractivity (Wildman–Crippen MR) is 103 cm³/mol. The van der Waals surface area contributed by atoms with E-state index in [9.17, 15) is 0 Å². The molecule has 26 heavy (non-hydrogen) atoms. The van der Waals surface area contributed by atoms with Crippen LogP contribution >= 0.6 is 0 Å². The monoisotopic (exact) mass is 350 g/mol. The standard InChI is InChI=1S/C20H26N6/c1-15-11-19(26-20(24-15)22-14-23-26)21-12-17-8-3-4-9-18(17)13-25-10-6-5-7-16(25)2/h3-4,8-9,11,14,16,21H,5-7,10,12-13H2,1-2H3/t16-/m0/s1. The molecule has 0 spiro atoms. The largest absolute Gasteiger partial charge is 0.366 e. The summed E-state index contributed by atoms with van der Waals surface area (Å²) in [6.07, 6.45) is 5.52. The molecule has 6 nitrogen and oxygen atoms in total. The second kappa shape index (κ2) is 7.41. The topological polar surface area (TPSA) is 58.4 Å². The summed E-state index contributed by atoms with van der Waals surface area (Å²) >= 11 is 0. The molecule has 2 aromatic heterocycles. The van der Waals surface area contributed by atoms with Crippen molar-refractivity contribution in [2.75, 3.05) is 11.9 Å². The molecule has 0 unspecified atom stereocenters. The number of likely N-dealkylation sites (tertiary alicyclic amines) is 1. The van der Waals surface area contributed by atoms with Crippen molar-refractivity contribution in [2.24, 2.45) is 0 Å². The summed E-state index contributed by atoms with van der Waals surface area (Å²) in [7, 11) is 0. The lowest BCUT2D eigenvalue weighted by Crippen LogP contribution is -2.37. The zero-order valence-corrected chi connectivity index (χ0v) is 15.5. The molecular formula is C20H26N6. The average Bonchev–Trinajstić information content (AvgIpc) is 3.11. The molecule has 3 aromatic rings. The Bertz CT molecular complexity index is 887. The number of nitrogens with one attached hydrogen (secondary N) is 1. The minimum atomic E-state index is 0.628. The van der Waals surface area contributed by atoms with E-state index in [1.54, 1.807) is 10.8 Å². The molecule has 4 rings (SSSR count). The van der Waals surface area contributed by atoms with E-state index >= 15 is 0 Å². The predicted octanol–water partition coefficient (Wildman–Crippen LogP) is 3.42. The highest BCUT2D eigenvalue weighted by Crippen LogP contribution is 2.21. The number of aryl methyl sites for hydroxylation is 1. The highest BCUT2D eigenvalue weighted by Gasteiger charge is 2.19. The van der Waals surface area contributed by atoms with Crippen LogP contribution in [0.3, 0.4) is 0 Å². The number of piperidine rings is 1. The Morgan fingerprint density at radius 2 is 2.04 bits per heavy atom. The van der Waals surface area contributed by atoms with Crippen molar-refractivity contribution in [1.29, 1.82) is 0 Å². The third kappa shape index (κ3) is 3.55. The molecule has 1 N–H and O–H groups in total. The fourth-order valence-corrected chi connectivity index (χ4v) is 3.74. The van der Waals surface area contributed by atoms with Crippen molar-refractivity contribution >= 4 is 11.6 Å². The molecule has 0 amide bonds. The molecule has 1 aliphatic rings. The van der Waals surface area contributed by atoms with Crippen molar-refractivity contribution < 1.29 is 0 Å². The van der Waals surface area contributed by atoms with E-state index in [1.165, 1.54) is 36.9 Å². The number of aromatic nitrogens is 4. The van der Waals surface area contributed by atoms with Crippen molar-refractivity contribution in [3.8, 4) is 0 Å². The van der Waals surface area contributed by atoms with Gasteiger partial charge in [-0.1, -0.05) is 30.7 Å². The van der Waals surface area contributed by atoms with Gasteiger partial charge < -0.3 is 5.32 Å². The molecular weight excluding hydrogens is 324 g/mol. The normalized spacial score (nSPS) is 18.3. The van der Waals surface area contributed by atoms with E-state index in [0.717, 1.165) is 24.6 Å². The summed E-state index contributed by atoms with van der Waals surface area (Å²) in [5, 5.41) is 7.79. The molecule has 6 heteroatoms. The van der Waals surface area contributed by atoms with Crippen molar-refractivity contribution in [3.63, 3.8) is 0 Å². The third-order valence-electron chi connectivity index (χ3n) is 5.27. The Balaban J connectivity index is 1.52. The van der Waals surface area contributed by atoms with Gasteiger partial charge in [-0.3, -0.25) is 4.90 Å².